The number of hydrogen-bond donors (Lipinski definition) is 1. The van der Waals surface area contributed by atoms with Crippen molar-refractivity contribution in [3.05, 3.63) is 70.8 Å². The van der Waals surface area contributed by atoms with E-state index in [-0.39, 0.29) is 12.0 Å². The predicted octanol–water partition coefficient (Wildman–Crippen LogP) is 3.49. The molecule has 0 radical (unpaired) electrons. The normalized spacial score (nSPS) is 12.5. The highest BCUT2D eigenvalue weighted by Gasteiger charge is 2.11. The highest BCUT2D eigenvalue weighted by molar-refractivity contribution is 5.25. The molecular formula is C14H11F4N. The molecule has 1 atom stereocenters. The van der Waals surface area contributed by atoms with Crippen LogP contribution in [0.3, 0.4) is 0 Å². The molecule has 0 amide bonds. The molecule has 0 heterocycles. The maximum absolute atomic E-state index is 13.0. The van der Waals surface area contributed by atoms with Gasteiger partial charge in [0.2, 0.25) is 0 Å². The van der Waals surface area contributed by atoms with Gasteiger partial charge in [-0.3, -0.25) is 0 Å². The van der Waals surface area contributed by atoms with Gasteiger partial charge >= 0.3 is 0 Å². The van der Waals surface area contributed by atoms with Gasteiger partial charge in [0.25, 0.3) is 0 Å². The van der Waals surface area contributed by atoms with Crippen molar-refractivity contribution in [2.24, 2.45) is 5.73 Å². The third-order valence-electron chi connectivity index (χ3n) is 2.69. The van der Waals surface area contributed by atoms with Gasteiger partial charge in [0.05, 0.1) is 0 Å². The van der Waals surface area contributed by atoms with Crippen molar-refractivity contribution in [3.8, 4) is 0 Å². The average Bonchev–Trinajstić information content (AvgIpc) is 2.25. The standard InChI is InChI=1S/C14H11F4N/c15-10-1-8(2-11(16)6-10)3-14(19)9-4-12(17)7-13(18)5-9/h1-2,4-7,14H,3,19H2/t14-/m1/s1. The van der Waals surface area contributed by atoms with Crippen LogP contribution in [0.1, 0.15) is 17.2 Å². The molecule has 0 bridgehead atoms. The summed E-state index contributed by atoms with van der Waals surface area (Å²) in [6.45, 7) is 0. The van der Waals surface area contributed by atoms with E-state index in [9.17, 15) is 17.6 Å². The molecule has 2 rings (SSSR count). The molecule has 1 nitrogen and oxygen atoms in total. The van der Waals surface area contributed by atoms with Crippen LogP contribution in [0.2, 0.25) is 0 Å². The summed E-state index contributed by atoms with van der Waals surface area (Å²) in [5, 5.41) is 0. The summed E-state index contributed by atoms with van der Waals surface area (Å²) in [6, 6.07) is 5.21. The molecule has 0 aromatic heterocycles. The van der Waals surface area contributed by atoms with Crippen LogP contribution in [0.5, 0.6) is 0 Å². The maximum atomic E-state index is 13.0. The first-order chi connectivity index (χ1) is 8.94. The highest BCUT2D eigenvalue weighted by atomic mass is 19.1. The van der Waals surface area contributed by atoms with E-state index in [1.807, 2.05) is 0 Å². The quantitative estimate of drug-likeness (QED) is 0.848. The van der Waals surface area contributed by atoms with E-state index < -0.39 is 29.3 Å². The van der Waals surface area contributed by atoms with Crippen molar-refractivity contribution in [3.63, 3.8) is 0 Å². The molecular weight excluding hydrogens is 258 g/mol. The molecule has 5 heteroatoms. The Morgan fingerprint density at radius 3 is 1.63 bits per heavy atom. The largest absolute Gasteiger partial charge is 0.324 e. The SMILES string of the molecule is N[C@H](Cc1cc(F)cc(F)c1)c1cc(F)cc(F)c1. The molecule has 0 aliphatic rings. The van der Waals surface area contributed by atoms with E-state index in [1.54, 1.807) is 0 Å². The molecule has 0 unspecified atom stereocenters. The lowest BCUT2D eigenvalue weighted by atomic mass is 9.99. The van der Waals surface area contributed by atoms with Gasteiger partial charge in [-0.1, -0.05) is 0 Å². The van der Waals surface area contributed by atoms with Crippen LogP contribution >= 0.6 is 0 Å². The van der Waals surface area contributed by atoms with Crippen LogP contribution in [0, 0.1) is 23.3 Å². The first-order valence-corrected chi connectivity index (χ1v) is 5.60. The molecule has 0 spiro atoms. The fraction of sp³-hybridized carbons (Fsp3) is 0.143. The third kappa shape index (κ3) is 3.54. The van der Waals surface area contributed by atoms with E-state index >= 15 is 0 Å². The third-order valence-corrected chi connectivity index (χ3v) is 2.69. The number of benzene rings is 2. The second kappa shape index (κ2) is 5.40. The Kier molecular flexibility index (Phi) is 3.85. The topological polar surface area (TPSA) is 26.0 Å². The van der Waals surface area contributed by atoms with Crippen LogP contribution in [0.15, 0.2) is 36.4 Å². The van der Waals surface area contributed by atoms with Crippen molar-refractivity contribution < 1.29 is 17.6 Å². The fourth-order valence-electron chi connectivity index (χ4n) is 1.89. The van der Waals surface area contributed by atoms with Crippen LogP contribution in [0.4, 0.5) is 17.6 Å². The van der Waals surface area contributed by atoms with Crippen molar-refractivity contribution >= 4 is 0 Å². The smallest absolute Gasteiger partial charge is 0.126 e. The summed E-state index contributed by atoms with van der Waals surface area (Å²) in [7, 11) is 0. The molecule has 19 heavy (non-hydrogen) atoms. The van der Waals surface area contributed by atoms with E-state index in [1.165, 1.54) is 0 Å². The minimum atomic E-state index is -0.744. The Hall–Kier alpha value is -1.88. The zero-order valence-electron chi connectivity index (χ0n) is 9.84. The predicted molar refractivity (Wildman–Crippen MR) is 63.3 cm³/mol. The molecule has 2 N–H and O–H groups in total. The lowest BCUT2D eigenvalue weighted by Gasteiger charge is -2.12. The van der Waals surface area contributed by atoms with Crippen molar-refractivity contribution in [2.75, 3.05) is 0 Å². The minimum absolute atomic E-state index is 0.0809. The Morgan fingerprint density at radius 1 is 0.737 bits per heavy atom. The van der Waals surface area contributed by atoms with Gasteiger partial charge in [-0.15, -0.1) is 0 Å². The zero-order chi connectivity index (χ0) is 14.0. The highest BCUT2D eigenvalue weighted by Crippen LogP contribution is 2.19. The fourth-order valence-corrected chi connectivity index (χ4v) is 1.89. The van der Waals surface area contributed by atoms with Crippen LogP contribution < -0.4 is 5.73 Å². The molecule has 0 aliphatic carbocycles. The van der Waals surface area contributed by atoms with E-state index in [2.05, 4.69) is 0 Å². The molecule has 2 aromatic carbocycles. The van der Waals surface area contributed by atoms with Crippen molar-refractivity contribution in [1.82, 2.24) is 0 Å². The van der Waals surface area contributed by atoms with Crippen LogP contribution in [-0.2, 0) is 6.42 Å². The molecule has 0 saturated heterocycles. The monoisotopic (exact) mass is 269 g/mol. The van der Waals surface area contributed by atoms with E-state index in [0.717, 1.165) is 36.4 Å². The first-order valence-electron chi connectivity index (χ1n) is 5.60. The van der Waals surface area contributed by atoms with Crippen molar-refractivity contribution in [1.29, 1.82) is 0 Å². The molecule has 0 saturated carbocycles. The van der Waals surface area contributed by atoms with Gasteiger partial charge in [-0.05, 0) is 41.8 Å². The summed E-state index contributed by atoms with van der Waals surface area (Å²) in [5.41, 5.74) is 6.35. The molecule has 100 valence electrons. The van der Waals surface area contributed by atoms with Gasteiger partial charge in [0.15, 0.2) is 0 Å². The summed E-state index contributed by atoms with van der Waals surface area (Å²) in [6.07, 6.45) is 0.0809. The van der Waals surface area contributed by atoms with E-state index in [0.29, 0.717) is 5.56 Å². The zero-order valence-corrected chi connectivity index (χ0v) is 9.84. The Morgan fingerprint density at radius 2 is 1.16 bits per heavy atom. The van der Waals surface area contributed by atoms with E-state index in [4.69, 9.17) is 5.73 Å². The second-order valence-corrected chi connectivity index (χ2v) is 4.29. The number of hydrogen-bond acceptors (Lipinski definition) is 1. The Balaban J connectivity index is 2.22. The van der Waals surface area contributed by atoms with Gasteiger partial charge in [-0.2, -0.15) is 0 Å². The van der Waals surface area contributed by atoms with Gasteiger partial charge in [0, 0.05) is 18.2 Å². The minimum Gasteiger partial charge on any atom is -0.324 e. The second-order valence-electron chi connectivity index (χ2n) is 4.29. The Labute approximate surface area is 107 Å². The van der Waals surface area contributed by atoms with Crippen LogP contribution in [-0.4, -0.2) is 0 Å². The van der Waals surface area contributed by atoms with Crippen molar-refractivity contribution in [2.45, 2.75) is 12.5 Å². The lowest BCUT2D eigenvalue weighted by molar-refractivity contribution is 0.567. The van der Waals surface area contributed by atoms with Gasteiger partial charge in [-0.25, -0.2) is 17.6 Å². The average molecular weight is 269 g/mol. The lowest BCUT2D eigenvalue weighted by Crippen LogP contribution is -2.14. The number of rotatable bonds is 3. The summed E-state index contributed by atoms with van der Waals surface area (Å²) in [4.78, 5) is 0. The molecule has 0 fully saturated rings. The molecule has 2 aromatic rings. The Bertz CT molecular complexity index is 557. The van der Waals surface area contributed by atoms with Gasteiger partial charge < -0.3 is 5.73 Å². The van der Waals surface area contributed by atoms with Crippen LogP contribution in [0.25, 0.3) is 0 Å². The summed E-state index contributed by atoms with van der Waals surface area (Å²) >= 11 is 0. The summed E-state index contributed by atoms with van der Waals surface area (Å²) < 4.78 is 52.1. The molecule has 0 aliphatic heterocycles. The van der Waals surface area contributed by atoms with Gasteiger partial charge in [0.1, 0.15) is 23.3 Å². The summed E-state index contributed by atoms with van der Waals surface area (Å²) in [5.74, 6) is -2.91. The maximum Gasteiger partial charge on any atom is 0.126 e. The number of nitrogens with two attached hydrogens (primary N) is 1. The first kappa shape index (κ1) is 13.5. The number of halogens is 4.